The van der Waals surface area contributed by atoms with Crippen LogP contribution in [-0.2, 0) is 19.0 Å². The van der Waals surface area contributed by atoms with Crippen LogP contribution < -0.4 is 5.32 Å². The Morgan fingerprint density at radius 3 is 2.94 bits per heavy atom. The van der Waals surface area contributed by atoms with Gasteiger partial charge in [-0.05, 0) is 12.1 Å². The number of benzene rings is 1. The summed E-state index contributed by atoms with van der Waals surface area (Å²) in [4.78, 5) is 34.6. The monoisotopic (exact) mass is 510 g/mol. The van der Waals surface area contributed by atoms with Crippen LogP contribution in [0.2, 0.25) is 5.02 Å². The van der Waals surface area contributed by atoms with E-state index in [2.05, 4.69) is 15.3 Å². The quantitative estimate of drug-likeness (QED) is 0.565. The van der Waals surface area contributed by atoms with Gasteiger partial charge in [0.05, 0.1) is 25.9 Å². The van der Waals surface area contributed by atoms with Gasteiger partial charge in [0.2, 0.25) is 0 Å². The highest BCUT2D eigenvalue weighted by molar-refractivity contribution is 7.11. The molecule has 1 fully saturated rings. The van der Waals surface area contributed by atoms with Crippen molar-refractivity contribution in [3.63, 3.8) is 0 Å². The van der Waals surface area contributed by atoms with Gasteiger partial charge in [-0.15, -0.1) is 11.3 Å². The summed E-state index contributed by atoms with van der Waals surface area (Å²) in [6.07, 6.45) is -0.752. The van der Waals surface area contributed by atoms with Crippen molar-refractivity contribution in [1.82, 2.24) is 15.2 Å². The van der Waals surface area contributed by atoms with Gasteiger partial charge in [0.1, 0.15) is 11.9 Å². The molecule has 180 valence electrons. The molecule has 3 heterocycles. The number of aromatic nitrogens is 1. The molecule has 13 heteroatoms. The molecule has 2 aromatic rings. The lowest BCUT2D eigenvalue weighted by Gasteiger charge is -2.36. The van der Waals surface area contributed by atoms with E-state index in [9.17, 15) is 14.0 Å². The molecule has 10 nitrogen and oxygen atoms in total. The van der Waals surface area contributed by atoms with Crippen LogP contribution in [0.4, 0.5) is 9.18 Å². The molecule has 2 atom stereocenters. The number of hydrogen-bond donors (Lipinski definition) is 2. The molecule has 0 amide bonds. The number of aliphatic imine (C=N–C) groups is 1. The summed E-state index contributed by atoms with van der Waals surface area (Å²) in [7, 11) is 1.22. The van der Waals surface area contributed by atoms with Gasteiger partial charge in [-0.1, -0.05) is 17.7 Å². The molecule has 0 spiro atoms. The third-order valence-corrected chi connectivity index (χ3v) is 6.23. The first-order valence-corrected chi connectivity index (χ1v) is 11.4. The molecule has 2 aliphatic rings. The van der Waals surface area contributed by atoms with Crippen molar-refractivity contribution in [2.75, 3.05) is 33.4 Å². The van der Waals surface area contributed by atoms with Crippen molar-refractivity contribution in [3.05, 3.63) is 62.5 Å². The molecule has 2 aliphatic heterocycles. The third kappa shape index (κ3) is 5.20. The largest absolute Gasteiger partial charge is 0.507 e. The molecule has 0 aliphatic carbocycles. The van der Waals surface area contributed by atoms with E-state index in [4.69, 9.17) is 30.9 Å². The molecule has 0 bridgehead atoms. The summed E-state index contributed by atoms with van der Waals surface area (Å²) >= 11 is 7.24. The van der Waals surface area contributed by atoms with E-state index in [1.54, 1.807) is 16.5 Å². The summed E-state index contributed by atoms with van der Waals surface area (Å²) in [5.41, 5.74) is 0.551. The van der Waals surface area contributed by atoms with Crippen LogP contribution in [-0.4, -0.2) is 72.6 Å². The van der Waals surface area contributed by atoms with E-state index in [1.165, 1.54) is 30.6 Å². The minimum Gasteiger partial charge on any atom is -0.466 e. The number of thiazole rings is 1. The predicted molar refractivity (Wildman–Crippen MR) is 120 cm³/mol. The lowest BCUT2D eigenvalue weighted by Crippen LogP contribution is -2.50. The zero-order valence-electron chi connectivity index (χ0n) is 17.9. The Bertz CT molecular complexity index is 1140. The molecule has 2 N–H and O–H groups in total. The standard InChI is InChI=1S/C21H20ClFN4O6S/c1-31-20(28)16-14(9-27-5-6-32-10-15(27)33-21(29)30)25-18(19-24-4-7-34-19)26-17(16)12-3-2-11(22)8-13(12)23/h2-4,7-8,15,17H,5-6,9-10H2,1H3,(H,25,26)(H,29,30)/t15-,17-/m0/s1. The summed E-state index contributed by atoms with van der Waals surface area (Å²) in [6, 6.07) is 3.06. The second kappa shape index (κ2) is 10.5. The molecule has 0 radical (unpaired) electrons. The third-order valence-electron chi connectivity index (χ3n) is 5.21. The number of rotatable bonds is 6. The van der Waals surface area contributed by atoms with Crippen molar-refractivity contribution in [2.24, 2.45) is 4.99 Å². The van der Waals surface area contributed by atoms with Crippen molar-refractivity contribution in [3.8, 4) is 0 Å². The second-order valence-corrected chi connectivity index (χ2v) is 8.61. The number of esters is 1. The normalized spacial score (nSPS) is 21.0. The van der Waals surface area contributed by atoms with Crippen LogP contribution in [0, 0.1) is 5.82 Å². The first-order valence-electron chi connectivity index (χ1n) is 10.1. The summed E-state index contributed by atoms with van der Waals surface area (Å²) in [5, 5.41) is 14.7. The van der Waals surface area contributed by atoms with E-state index in [0.717, 1.165) is 6.07 Å². The molecule has 1 aromatic heterocycles. The fraction of sp³-hybridized carbons (Fsp3) is 0.333. The zero-order valence-corrected chi connectivity index (χ0v) is 19.4. The Labute approximate surface area is 202 Å². The van der Waals surface area contributed by atoms with E-state index in [1.807, 2.05) is 0 Å². The Morgan fingerprint density at radius 1 is 1.44 bits per heavy atom. The number of carbonyl (C=O) groups excluding carboxylic acids is 1. The molecule has 0 unspecified atom stereocenters. The van der Waals surface area contributed by atoms with Crippen LogP contribution in [0.3, 0.4) is 0 Å². The Hall–Kier alpha value is -3.06. The first kappa shape index (κ1) is 24.1. The number of ether oxygens (including phenoxy) is 3. The highest BCUT2D eigenvalue weighted by Crippen LogP contribution is 2.35. The van der Waals surface area contributed by atoms with Crippen LogP contribution in [0.5, 0.6) is 0 Å². The van der Waals surface area contributed by atoms with Crippen molar-refractivity contribution >= 4 is 40.9 Å². The summed E-state index contributed by atoms with van der Waals surface area (Å²) in [5.74, 6) is -1.02. The van der Waals surface area contributed by atoms with Gasteiger partial charge in [-0.3, -0.25) is 9.89 Å². The molecule has 0 saturated carbocycles. The van der Waals surface area contributed by atoms with E-state index >= 15 is 0 Å². The van der Waals surface area contributed by atoms with Gasteiger partial charge in [-0.2, -0.15) is 0 Å². The number of morpholine rings is 1. The maximum atomic E-state index is 15.0. The van der Waals surface area contributed by atoms with Gasteiger partial charge >= 0.3 is 12.1 Å². The summed E-state index contributed by atoms with van der Waals surface area (Å²) in [6.45, 7) is 0.752. The number of hydrogen-bond acceptors (Lipinski definition) is 10. The molecule has 34 heavy (non-hydrogen) atoms. The Morgan fingerprint density at radius 2 is 2.26 bits per heavy atom. The minimum absolute atomic E-state index is 0.0236. The van der Waals surface area contributed by atoms with E-state index in [-0.39, 0.29) is 29.3 Å². The lowest BCUT2D eigenvalue weighted by atomic mass is 9.95. The number of nitrogens with zero attached hydrogens (tertiary/aromatic N) is 3. The Balaban J connectivity index is 1.80. The van der Waals surface area contributed by atoms with Gasteiger partial charge in [0.25, 0.3) is 0 Å². The number of carboxylic acid groups (broad SMARTS) is 1. The maximum Gasteiger partial charge on any atom is 0.507 e. The number of nitrogens with one attached hydrogen (secondary N) is 1. The second-order valence-electron chi connectivity index (χ2n) is 7.28. The lowest BCUT2D eigenvalue weighted by molar-refractivity contribution is -0.136. The van der Waals surface area contributed by atoms with Gasteiger partial charge < -0.3 is 24.6 Å². The predicted octanol–water partition coefficient (Wildman–Crippen LogP) is 2.81. The smallest absolute Gasteiger partial charge is 0.466 e. The van der Waals surface area contributed by atoms with Crippen molar-refractivity contribution in [2.45, 2.75) is 12.3 Å². The highest BCUT2D eigenvalue weighted by atomic mass is 35.5. The number of methoxy groups -OCH3 is 1. The minimum atomic E-state index is -1.45. The van der Waals surface area contributed by atoms with Crippen LogP contribution in [0.15, 0.2) is 46.0 Å². The molecule has 4 rings (SSSR count). The van der Waals surface area contributed by atoms with E-state index < -0.39 is 30.2 Å². The maximum absolute atomic E-state index is 15.0. The molecule has 1 saturated heterocycles. The van der Waals surface area contributed by atoms with Crippen LogP contribution in [0.1, 0.15) is 16.6 Å². The Kier molecular flexibility index (Phi) is 7.41. The first-order chi connectivity index (χ1) is 16.4. The van der Waals surface area contributed by atoms with Gasteiger partial charge in [-0.25, -0.2) is 19.0 Å². The fourth-order valence-corrected chi connectivity index (χ4v) is 4.44. The number of amidine groups is 1. The molecular formula is C21H20ClFN4O6S. The zero-order chi connectivity index (χ0) is 24.2. The fourth-order valence-electron chi connectivity index (χ4n) is 3.69. The molecular weight excluding hydrogens is 491 g/mol. The average Bonchev–Trinajstić information content (AvgIpc) is 3.34. The van der Waals surface area contributed by atoms with Crippen molar-refractivity contribution < 1.29 is 33.3 Å². The number of halogens is 2. The summed E-state index contributed by atoms with van der Waals surface area (Å²) < 4.78 is 30.3. The van der Waals surface area contributed by atoms with Crippen LogP contribution >= 0.6 is 22.9 Å². The highest BCUT2D eigenvalue weighted by Gasteiger charge is 2.36. The average molecular weight is 511 g/mol. The number of carbonyl (C=O) groups is 2. The topological polar surface area (TPSA) is 123 Å². The SMILES string of the molecule is COC(=O)C1=C(CN2CCOC[C@@H]2OC(=O)O)NC(c2nccs2)=N[C@H]1c1ccc(Cl)cc1F. The van der Waals surface area contributed by atoms with Gasteiger partial charge in [0.15, 0.2) is 17.1 Å². The molecule has 1 aromatic carbocycles. The van der Waals surface area contributed by atoms with Gasteiger partial charge in [0, 0.05) is 40.9 Å². The van der Waals surface area contributed by atoms with E-state index in [0.29, 0.717) is 29.7 Å². The van der Waals surface area contributed by atoms with Crippen molar-refractivity contribution in [1.29, 1.82) is 0 Å². The van der Waals surface area contributed by atoms with Crippen LogP contribution in [0.25, 0.3) is 0 Å².